The highest BCUT2D eigenvalue weighted by molar-refractivity contribution is 5.77. The molecule has 0 bridgehead atoms. The third kappa shape index (κ3) is 3.82. The average Bonchev–Trinajstić information content (AvgIpc) is 3.12. The highest BCUT2D eigenvalue weighted by atomic mass is 16.3. The normalized spacial score (nSPS) is 44.7. The first kappa shape index (κ1) is 23.9. The van der Waals surface area contributed by atoms with Crippen LogP contribution >= 0.6 is 0 Å². The Morgan fingerprint density at radius 2 is 1.88 bits per heavy atom. The largest absolute Gasteiger partial charge is 0.396 e. The predicted octanol–water partition coefficient (Wildman–Crippen LogP) is 5.18. The Morgan fingerprint density at radius 3 is 2.61 bits per heavy atom. The minimum Gasteiger partial charge on any atom is -0.396 e. The molecule has 5 aliphatic rings. The minimum absolute atomic E-state index is 0.0760. The van der Waals surface area contributed by atoms with E-state index in [1.54, 1.807) is 5.57 Å². The fraction of sp³-hybridized carbons (Fsp3) is 0.897. The molecule has 5 rings (SSSR count). The number of carbonyl (C=O) groups excluding carboxylic acids is 1. The van der Waals surface area contributed by atoms with Gasteiger partial charge in [0.1, 0.15) is 0 Å². The fourth-order valence-electron chi connectivity index (χ4n) is 9.48. The lowest BCUT2D eigenvalue weighted by Crippen LogP contribution is -2.58. The smallest absolute Gasteiger partial charge is 0.222 e. The van der Waals surface area contributed by atoms with Crippen molar-refractivity contribution < 1.29 is 15.0 Å². The average molecular weight is 458 g/mol. The van der Waals surface area contributed by atoms with Crippen molar-refractivity contribution in [3.05, 3.63) is 11.6 Å². The molecule has 1 aliphatic heterocycles. The van der Waals surface area contributed by atoms with Gasteiger partial charge >= 0.3 is 0 Å². The number of amides is 1. The zero-order valence-corrected chi connectivity index (χ0v) is 21.5. The van der Waals surface area contributed by atoms with Crippen LogP contribution < -0.4 is 0 Å². The molecular formula is C29H47NO3. The van der Waals surface area contributed by atoms with Gasteiger partial charge in [-0.2, -0.15) is 0 Å². The summed E-state index contributed by atoms with van der Waals surface area (Å²) in [6.07, 6.45) is 13.7. The van der Waals surface area contributed by atoms with Gasteiger partial charge in [-0.3, -0.25) is 4.79 Å². The first-order valence-electron chi connectivity index (χ1n) is 13.9. The molecule has 0 spiro atoms. The van der Waals surface area contributed by atoms with Gasteiger partial charge < -0.3 is 15.1 Å². The van der Waals surface area contributed by atoms with Crippen molar-refractivity contribution >= 4 is 5.91 Å². The van der Waals surface area contributed by atoms with Crippen molar-refractivity contribution in [1.82, 2.24) is 4.90 Å². The van der Waals surface area contributed by atoms with Crippen LogP contribution in [0.4, 0.5) is 0 Å². The van der Waals surface area contributed by atoms with Crippen LogP contribution in [0.5, 0.6) is 0 Å². The molecule has 4 aliphatic carbocycles. The predicted molar refractivity (Wildman–Crippen MR) is 131 cm³/mol. The van der Waals surface area contributed by atoms with Gasteiger partial charge in [-0.1, -0.05) is 39.3 Å². The fourth-order valence-corrected chi connectivity index (χ4v) is 9.48. The number of hydrogen-bond donors (Lipinski definition) is 2. The van der Waals surface area contributed by atoms with Gasteiger partial charge in [0.15, 0.2) is 0 Å². The van der Waals surface area contributed by atoms with E-state index in [0.717, 1.165) is 42.9 Å². The highest BCUT2D eigenvalue weighted by Gasteiger charge is 2.59. The number of allylic oxidation sites excluding steroid dienone is 1. The van der Waals surface area contributed by atoms with E-state index in [1.807, 2.05) is 4.90 Å². The maximum atomic E-state index is 12.7. The summed E-state index contributed by atoms with van der Waals surface area (Å²) < 4.78 is 0. The molecule has 1 amide bonds. The summed E-state index contributed by atoms with van der Waals surface area (Å²) in [4.78, 5) is 14.7. The summed E-state index contributed by atoms with van der Waals surface area (Å²) in [5.74, 6) is 4.05. The van der Waals surface area contributed by atoms with Crippen LogP contribution in [0.1, 0.15) is 91.9 Å². The maximum absolute atomic E-state index is 12.7. The summed E-state index contributed by atoms with van der Waals surface area (Å²) in [6.45, 7) is 11.2. The number of aliphatic hydroxyl groups is 2. The van der Waals surface area contributed by atoms with Crippen LogP contribution in [0, 0.1) is 45.8 Å². The number of rotatable bonds is 5. The van der Waals surface area contributed by atoms with Gasteiger partial charge in [0, 0.05) is 24.9 Å². The zero-order valence-electron chi connectivity index (χ0n) is 21.5. The topological polar surface area (TPSA) is 60.8 Å². The molecule has 4 nitrogen and oxygen atoms in total. The third-order valence-corrected chi connectivity index (χ3v) is 11.5. The molecule has 0 radical (unpaired) electrons. The van der Waals surface area contributed by atoms with Crippen molar-refractivity contribution in [2.24, 2.45) is 45.8 Å². The van der Waals surface area contributed by atoms with Crippen LogP contribution in [-0.4, -0.2) is 46.8 Å². The Balaban J connectivity index is 1.22. The van der Waals surface area contributed by atoms with Gasteiger partial charge in [-0.25, -0.2) is 0 Å². The third-order valence-electron chi connectivity index (χ3n) is 11.5. The second-order valence-electron chi connectivity index (χ2n) is 13.6. The van der Waals surface area contributed by atoms with E-state index in [9.17, 15) is 15.0 Å². The van der Waals surface area contributed by atoms with Crippen molar-refractivity contribution in [3.63, 3.8) is 0 Å². The molecular weight excluding hydrogens is 410 g/mol. The standard InChI is InChI=1S/C29H47NO3/c1-19(5-10-26(33)30-16-27(2,17-30)18-31)23-8-9-24-22-7-6-20-15-21(32)11-13-28(20,3)25(22)12-14-29(23,24)4/h6,19,21-25,31-32H,5,7-18H2,1-4H3/t19-,21+,22+,23-,24+,25+,28+,29-/m1/s1. The van der Waals surface area contributed by atoms with Crippen molar-refractivity contribution in [2.75, 3.05) is 19.7 Å². The molecule has 4 heteroatoms. The summed E-state index contributed by atoms with van der Waals surface area (Å²) in [6, 6.07) is 0. The van der Waals surface area contributed by atoms with Crippen LogP contribution in [-0.2, 0) is 4.79 Å². The molecule has 1 saturated heterocycles. The summed E-state index contributed by atoms with van der Waals surface area (Å²) in [5, 5.41) is 19.7. The Bertz CT molecular complexity index is 801. The Hall–Kier alpha value is -0.870. The number of fused-ring (bicyclic) bond motifs is 5. The molecule has 0 aromatic rings. The van der Waals surface area contributed by atoms with Crippen LogP contribution in [0.15, 0.2) is 11.6 Å². The number of hydrogen-bond acceptors (Lipinski definition) is 3. The lowest BCUT2D eigenvalue weighted by atomic mass is 9.47. The van der Waals surface area contributed by atoms with Crippen LogP contribution in [0.25, 0.3) is 0 Å². The van der Waals surface area contributed by atoms with Crippen LogP contribution in [0.3, 0.4) is 0 Å². The van der Waals surface area contributed by atoms with Gasteiger partial charge in [-0.05, 0) is 98.2 Å². The molecule has 186 valence electrons. The first-order chi connectivity index (χ1) is 15.6. The zero-order chi connectivity index (χ0) is 23.6. The first-order valence-corrected chi connectivity index (χ1v) is 13.9. The minimum atomic E-state index is -0.122. The number of nitrogens with zero attached hydrogens (tertiary/aromatic N) is 1. The molecule has 2 N–H and O–H groups in total. The molecule has 33 heavy (non-hydrogen) atoms. The van der Waals surface area contributed by atoms with E-state index in [2.05, 4.69) is 33.8 Å². The molecule has 0 aromatic heterocycles. The van der Waals surface area contributed by atoms with E-state index in [0.29, 0.717) is 36.3 Å². The van der Waals surface area contributed by atoms with E-state index < -0.39 is 0 Å². The lowest BCUT2D eigenvalue weighted by molar-refractivity contribution is -0.145. The number of carbonyl (C=O) groups is 1. The molecule has 8 atom stereocenters. The van der Waals surface area contributed by atoms with Crippen molar-refractivity contribution in [2.45, 2.75) is 98.0 Å². The Kier molecular flexibility index (Phi) is 6.04. The van der Waals surface area contributed by atoms with Gasteiger partial charge in [-0.15, -0.1) is 0 Å². The number of likely N-dealkylation sites (tertiary alicyclic amines) is 1. The van der Waals surface area contributed by atoms with E-state index in [-0.39, 0.29) is 24.0 Å². The quantitative estimate of drug-likeness (QED) is 0.559. The van der Waals surface area contributed by atoms with E-state index >= 15 is 0 Å². The van der Waals surface area contributed by atoms with E-state index in [4.69, 9.17) is 0 Å². The Morgan fingerprint density at radius 1 is 1.12 bits per heavy atom. The van der Waals surface area contributed by atoms with E-state index in [1.165, 1.54) is 38.5 Å². The highest BCUT2D eigenvalue weighted by Crippen LogP contribution is 2.67. The summed E-state index contributed by atoms with van der Waals surface area (Å²) in [7, 11) is 0. The second-order valence-corrected chi connectivity index (χ2v) is 13.6. The molecule has 4 fully saturated rings. The number of aliphatic hydroxyl groups excluding tert-OH is 2. The van der Waals surface area contributed by atoms with Crippen molar-refractivity contribution in [3.8, 4) is 0 Å². The SMILES string of the molecule is C[C@H](CCC(=O)N1CC(C)(CO)C1)[C@H]1CC[C@H]2[C@@H]3CC=C4C[C@@H](O)CC[C@]4(C)[C@H]3CC[C@]12C. The molecule has 0 aromatic carbocycles. The van der Waals surface area contributed by atoms with Crippen LogP contribution in [0.2, 0.25) is 0 Å². The van der Waals surface area contributed by atoms with Gasteiger partial charge in [0.05, 0.1) is 12.7 Å². The summed E-state index contributed by atoms with van der Waals surface area (Å²) >= 11 is 0. The summed E-state index contributed by atoms with van der Waals surface area (Å²) in [5.41, 5.74) is 2.23. The lowest BCUT2D eigenvalue weighted by Gasteiger charge is -2.58. The monoisotopic (exact) mass is 457 g/mol. The second kappa shape index (κ2) is 8.36. The maximum Gasteiger partial charge on any atom is 0.222 e. The van der Waals surface area contributed by atoms with Gasteiger partial charge in [0.25, 0.3) is 0 Å². The van der Waals surface area contributed by atoms with Gasteiger partial charge in [0.2, 0.25) is 5.91 Å². The van der Waals surface area contributed by atoms with Crippen molar-refractivity contribution in [1.29, 1.82) is 0 Å². The molecule has 3 saturated carbocycles. The Labute approximate surface area is 201 Å². The molecule has 0 unspecified atom stereocenters. The molecule has 1 heterocycles.